The van der Waals surface area contributed by atoms with Gasteiger partial charge in [-0.15, -0.1) is 0 Å². The van der Waals surface area contributed by atoms with E-state index in [4.69, 9.17) is 20.8 Å². The number of benzene rings is 2. The van der Waals surface area contributed by atoms with Gasteiger partial charge >= 0.3 is 11.6 Å². The molecule has 1 aromatic heterocycles. The van der Waals surface area contributed by atoms with Crippen LogP contribution in [0.2, 0.25) is 5.02 Å². The molecule has 3 rings (SSSR count). The first kappa shape index (κ1) is 16.0. The number of carbonyl (C=O) groups is 2. The Morgan fingerprint density at radius 1 is 1.04 bits per heavy atom. The van der Waals surface area contributed by atoms with E-state index in [0.29, 0.717) is 21.6 Å². The monoisotopic (exact) mass is 342 g/mol. The Labute approximate surface area is 141 Å². The number of Topliss-reactive ketones (excluding diaryl/α,β-unsaturated/α-hetero) is 1. The molecule has 0 spiro atoms. The van der Waals surface area contributed by atoms with Gasteiger partial charge in [-0.25, -0.2) is 9.59 Å². The van der Waals surface area contributed by atoms with E-state index in [0.717, 1.165) is 0 Å². The lowest BCUT2D eigenvalue weighted by molar-refractivity contribution is 0.0471. The molecule has 0 aliphatic heterocycles. The van der Waals surface area contributed by atoms with Gasteiger partial charge in [-0.1, -0.05) is 29.8 Å². The van der Waals surface area contributed by atoms with Crippen molar-refractivity contribution in [2.24, 2.45) is 0 Å². The summed E-state index contributed by atoms with van der Waals surface area (Å²) < 4.78 is 9.99. The molecule has 2 aromatic carbocycles. The summed E-state index contributed by atoms with van der Waals surface area (Å²) in [4.78, 5) is 35.9. The Morgan fingerprint density at radius 3 is 2.50 bits per heavy atom. The summed E-state index contributed by atoms with van der Waals surface area (Å²) >= 11 is 5.75. The first-order chi connectivity index (χ1) is 11.5. The second-order valence-electron chi connectivity index (χ2n) is 4.99. The lowest BCUT2D eigenvalue weighted by Gasteiger charge is -2.05. The average molecular weight is 343 g/mol. The molecule has 1 heterocycles. The molecule has 0 fully saturated rings. The molecular weight excluding hydrogens is 332 g/mol. The van der Waals surface area contributed by atoms with Crippen LogP contribution in [0.3, 0.4) is 0 Å². The fourth-order valence-corrected chi connectivity index (χ4v) is 2.26. The van der Waals surface area contributed by atoms with Crippen LogP contribution >= 0.6 is 11.6 Å². The highest BCUT2D eigenvalue weighted by Gasteiger charge is 2.17. The molecule has 5 nitrogen and oxygen atoms in total. The summed E-state index contributed by atoms with van der Waals surface area (Å²) in [6, 6.07) is 14.4. The number of ether oxygens (including phenoxy) is 1. The highest BCUT2D eigenvalue weighted by atomic mass is 35.5. The van der Waals surface area contributed by atoms with Gasteiger partial charge in [-0.2, -0.15) is 0 Å². The molecule has 0 bridgehead atoms. The standard InChI is InChI=1S/C18H11ClO5/c19-13-7-5-11(6-8-13)15(20)10-23-17(21)14-9-12-3-1-2-4-16(12)24-18(14)22/h1-9H,10H2. The minimum absolute atomic E-state index is 0.252. The third-order valence-corrected chi connectivity index (χ3v) is 3.61. The molecule has 24 heavy (non-hydrogen) atoms. The first-order valence-electron chi connectivity index (χ1n) is 7.03. The summed E-state index contributed by atoms with van der Waals surface area (Å²) in [5.41, 5.74) is -0.329. The van der Waals surface area contributed by atoms with E-state index in [1.165, 1.54) is 18.2 Å². The van der Waals surface area contributed by atoms with E-state index >= 15 is 0 Å². The number of rotatable bonds is 4. The molecule has 6 heteroatoms. The molecule has 0 atom stereocenters. The van der Waals surface area contributed by atoms with Crippen LogP contribution in [-0.4, -0.2) is 18.4 Å². The van der Waals surface area contributed by atoms with Crippen LogP contribution in [0.15, 0.2) is 63.8 Å². The van der Waals surface area contributed by atoms with E-state index in [-0.39, 0.29) is 5.56 Å². The van der Waals surface area contributed by atoms with Gasteiger partial charge in [0, 0.05) is 16.0 Å². The van der Waals surface area contributed by atoms with Crippen molar-refractivity contribution in [1.29, 1.82) is 0 Å². The minimum Gasteiger partial charge on any atom is -0.453 e. The van der Waals surface area contributed by atoms with Crippen molar-refractivity contribution in [3.8, 4) is 0 Å². The van der Waals surface area contributed by atoms with Crippen molar-refractivity contribution in [3.05, 3.63) is 81.2 Å². The van der Waals surface area contributed by atoms with Gasteiger partial charge < -0.3 is 9.15 Å². The van der Waals surface area contributed by atoms with Crippen molar-refractivity contribution in [2.75, 3.05) is 6.61 Å². The van der Waals surface area contributed by atoms with Crippen LogP contribution in [0.5, 0.6) is 0 Å². The number of esters is 1. The molecule has 0 saturated heterocycles. The molecule has 120 valence electrons. The predicted octanol–water partition coefficient (Wildman–Crippen LogP) is 3.49. The number of halogens is 1. The van der Waals surface area contributed by atoms with Gasteiger partial charge in [0.25, 0.3) is 0 Å². The van der Waals surface area contributed by atoms with Gasteiger partial charge in [0.2, 0.25) is 0 Å². The number of hydrogen-bond donors (Lipinski definition) is 0. The molecule has 0 amide bonds. The van der Waals surface area contributed by atoms with E-state index in [2.05, 4.69) is 0 Å². The van der Waals surface area contributed by atoms with Crippen molar-refractivity contribution in [2.45, 2.75) is 0 Å². The van der Waals surface area contributed by atoms with E-state index < -0.39 is 24.0 Å². The highest BCUT2D eigenvalue weighted by molar-refractivity contribution is 6.30. The van der Waals surface area contributed by atoms with Crippen molar-refractivity contribution in [1.82, 2.24) is 0 Å². The smallest absolute Gasteiger partial charge is 0.351 e. The highest BCUT2D eigenvalue weighted by Crippen LogP contribution is 2.14. The van der Waals surface area contributed by atoms with Crippen LogP contribution in [0.1, 0.15) is 20.7 Å². The Balaban J connectivity index is 1.75. The largest absolute Gasteiger partial charge is 0.453 e. The van der Waals surface area contributed by atoms with E-state index in [1.54, 1.807) is 36.4 Å². The Bertz CT molecular complexity index is 973. The van der Waals surface area contributed by atoms with Gasteiger partial charge in [-0.05, 0) is 36.4 Å². The van der Waals surface area contributed by atoms with Crippen LogP contribution in [-0.2, 0) is 4.74 Å². The minimum atomic E-state index is -0.906. The van der Waals surface area contributed by atoms with E-state index in [9.17, 15) is 14.4 Å². The zero-order chi connectivity index (χ0) is 17.1. The molecule has 0 aliphatic rings. The lowest BCUT2D eigenvalue weighted by atomic mass is 10.1. The fourth-order valence-electron chi connectivity index (χ4n) is 2.13. The van der Waals surface area contributed by atoms with Gasteiger partial charge in [0.05, 0.1) is 0 Å². The molecule has 0 unspecified atom stereocenters. The molecule has 3 aromatic rings. The third kappa shape index (κ3) is 3.36. The third-order valence-electron chi connectivity index (χ3n) is 3.36. The maximum Gasteiger partial charge on any atom is 0.351 e. The quantitative estimate of drug-likeness (QED) is 0.412. The predicted molar refractivity (Wildman–Crippen MR) is 88.5 cm³/mol. The Morgan fingerprint density at radius 2 is 1.75 bits per heavy atom. The van der Waals surface area contributed by atoms with Gasteiger partial charge in [-0.3, -0.25) is 4.79 Å². The molecule has 0 N–H and O–H groups in total. The topological polar surface area (TPSA) is 73.6 Å². The average Bonchev–Trinajstić information content (AvgIpc) is 2.59. The number of ketones is 1. The van der Waals surface area contributed by atoms with Crippen molar-refractivity contribution in [3.63, 3.8) is 0 Å². The normalized spacial score (nSPS) is 10.5. The maximum atomic E-state index is 12.0. The van der Waals surface area contributed by atoms with Crippen LogP contribution < -0.4 is 5.63 Å². The van der Waals surface area contributed by atoms with Gasteiger partial charge in [0.1, 0.15) is 11.1 Å². The van der Waals surface area contributed by atoms with Crippen LogP contribution in [0, 0.1) is 0 Å². The first-order valence-corrected chi connectivity index (χ1v) is 7.41. The van der Waals surface area contributed by atoms with Crippen LogP contribution in [0.4, 0.5) is 0 Å². The summed E-state index contributed by atoms with van der Waals surface area (Å²) in [5.74, 6) is -1.30. The molecule has 0 radical (unpaired) electrons. The number of hydrogen-bond acceptors (Lipinski definition) is 5. The Hall–Kier alpha value is -2.92. The second-order valence-corrected chi connectivity index (χ2v) is 5.43. The van der Waals surface area contributed by atoms with Gasteiger partial charge in [0.15, 0.2) is 12.4 Å². The fraction of sp³-hybridized carbons (Fsp3) is 0.0556. The second kappa shape index (κ2) is 6.68. The SMILES string of the molecule is O=C(COC(=O)c1cc2ccccc2oc1=O)c1ccc(Cl)cc1. The van der Waals surface area contributed by atoms with Crippen molar-refractivity contribution < 1.29 is 18.7 Å². The Kier molecular flexibility index (Phi) is 4.44. The molecule has 0 aliphatic carbocycles. The van der Waals surface area contributed by atoms with Crippen molar-refractivity contribution >= 4 is 34.3 Å². The number of carbonyl (C=O) groups excluding carboxylic acids is 2. The zero-order valence-corrected chi connectivity index (χ0v) is 13.1. The summed E-state index contributed by atoms with van der Waals surface area (Å²) in [7, 11) is 0. The summed E-state index contributed by atoms with van der Waals surface area (Å²) in [6.45, 7) is -0.479. The number of para-hydroxylation sites is 1. The lowest BCUT2D eigenvalue weighted by Crippen LogP contribution is -2.20. The van der Waals surface area contributed by atoms with E-state index in [1.807, 2.05) is 0 Å². The maximum absolute atomic E-state index is 12.0. The zero-order valence-electron chi connectivity index (χ0n) is 12.3. The van der Waals surface area contributed by atoms with Crippen LogP contribution in [0.25, 0.3) is 11.0 Å². The number of fused-ring (bicyclic) bond motifs is 1. The summed E-state index contributed by atoms with van der Waals surface area (Å²) in [6.07, 6.45) is 0. The summed E-state index contributed by atoms with van der Waals surface area (Å²) in [5, 5.41) is 1.09. The molecule has 0 saturated carbocycles. The molecular formula is C18H11ClO5.